The molecular weight excluding hydrogens is 474 g/mol. The van der Waals surface area contributed by atoms with Crippen molar-refractivity contribution in [1.82, 2.24) is 14.5 Å². The molecule has 2 amide bonds. The predicted octanol–water partition coefficient (Wildman–Crippen LogP) is 2.34. The topological polar surface area (TPSA) is 96.0 Å². The van der Waals surface area contributed by atoms with Crippen molar-refractivity contribution in [3.8, 4) is 0 Å². The summed E-state index contributed by atoms with van der Waals surface area (Å²) < 4.78 is 33.2. The number of carbonyl (C=O) groups is 2. The van der Waals surface area contributed by atoms with E-state index in [1.54, 1.807) is 41.3 Å². The largest absolute Gasteiger partial charge is 0.368 e. The smallest absolute Gasteiger partial charge is 0.252 e. The zero-order valence-corrected chi connectivity index (χ0v) is 19.7. The van der Waals surface area contributed by atoms with Crippen molar-refractivity contribution in [2.75, 3.05) is 32.8 Å². The molecule has 4 rings (SSSR count). The molecule has 0 aliphatic carbocycles. The minimum atomic E-state index is -3.65. The van der Waals surface area contributed by atoms with E-state index in [2.05, 4.69) is 5.32 Å². The molecule has 0 radical (unpaired) electrons. The number of piperazine rings is 1. The van der Waals surface area contributed by atoms with E-state index in [9.17, 15) is 18.0 Å². The van der Waals surface area contributed by atoms with E-state index >= 15 is 0 Å². The van der Waals surface area contributed by atoms with Gasteiger partial charge in [0.15, 0.2) is 0 Å². The van der Waals surface area contributed by atoms with Crippen LogP contribution in [0.5, 0.6) is 0 Å². The third kappa shape index (κ3) is 5.15. The fraction of sp³-hybridized carbons (Fsp3) is 0.429. The van der Waals surface area contributed by atoms with Crippen molar-refractivity contribution in [2.45, 2.75) is 29.7 Å². The first-order valence-corrected chi connectivity index (χ1v) is 13.0. The Morgan fingerprint density at radius 1 is 1.09 bits per heavy atom. The molecule has 2 aliphatic rings. The molecule has 11 heteroatoms. The number of benzene rings is 1. The zero-order valence-electron chi connectivity index (χ0n) is 17.3. The molecule has 2 aromatic rings. The van der Waals surface area contributed by atoms with Gasteiger partial charge in [0, 0.05) is 48.2 Å². The highest BCUT2D eigenvalue weighted by Crippen LogP contribution is 2.26. The minimum Gasteiger partial charge on any atom is -0.368 e. The van der Waals surface area contributed by atoms with Crippen molar-refractivity contribution in [3.05, 3.63) is 51.9 Å². The second kappa shape index (κ2) is 9.88. The van der Waals surface area contributed by atoms with Gasteiger partial charge in [0.1, 0.15) is 10.3 Å². The molecule has 1 aromatic heterocycles. The molecule has 0 bridgehead atoms. The summed E-state index contributed by atoms with van der Waals surface area (Å²) in [5.74, 6) is -0.305. The molecule has 32 heavy (non-hydrogen) atoms. The van der Waals surface area contributed by atoms with Crippen LogP contribution in [0.15, 0.2) is 40.6 Å². The third-order valence-electron chi connectivity index (χ3n) is 5.52. The maximum Gasteiger partial charge on any atom is 0.252 e. The molecule has 2 fully saturated rings. The average Bonchev–Trinajstić information content (AvgIpc) is 3.50. The van der Waals surface area contributed by atoms with Gasteiger partial charge >= 0.3 is 0 Å². The van der Waals surface area contributed by atoms with Gasteiger partial charge in [-0.15, -0.1) is 11.3 Å². The molecule has 3 heterocycles. The summed E-state index contributed by atoms with van der Waals surface area (Å²) in [4.78, 5) is 27.1. The van der Waals surface area contributed by atoms with Gasteiger partial charge in [-0.1, -0.05) is 11.6 Å². The number of nitrogens with zero attached hydrogens (tertiary/aromatic N) is 2. The first-order valence-electron chi connectivity index (χ1n) is 10.4. The van der Waals surface area contributed by atoms with Crippen LogP contribution in [0.3, 0.4) is 0 Å². The number of sulfonamides is 1. The Morgan fingerprint density at radius 2 is 1.81 bits per heavy atom. The first kappa shape index (κ1) is 23.2. The fourth-order valence-corrected chi connectivity index (χ4v) is 6.71. The highest BCUT2D eigenvalue weighted by atomic mass is 35.5. The molecule has 8 nitrogen and oxygen atoms in total. The average molecular weight is 498 g/mol. The van der Waals surface area contributed by atoms with E-state index in [0.717, 1.165) is 29.1 Å². The van der Waals surface area contributed by atoms with E-state index < -0.39 is 10.0 Å². The van der Waals surface area contributed by atoms with Crippen LogP contribution >= 0.6 is 22.9 Å². The third-order valence-corrected chi connectivity index (χ3v) is 9.22. The van der Waals surface area contributed by atoms with Crippen molar-refractivity contribution >= 4 is 44.8 Å². The summed E-state index contributed by atoms with van der Waals surface area (Å²) in [5.41, 5.74) is 0.481. The van der Waals surface area contributed by atoms with Gasteiger partial charge in [0.2, 0.25) is 0 Å². The van der Waals surface area contributed by atoms with Crippen LogP contribution in [0.25, 0.3) is 0 Å². The summed E-state index contributed by atoms with van der Waals surface area (Å²) in [7, 11) is -3.65. The van der Waals surface area contributed by atoms with Gasteiger partial charge in [0.25, 0.3) is 21.8 Å². The normalized spacial score (nSPS) is 19.8. The van der Waals surface area contributed by atoms with E-state index in [-0.39, 0.29) is 41.8 Å². The molecule has 1 N–H and O–H groups in total. The number of nitrogens with one attached hydrogen (secondary N) is 1. The summed E-state index contributed by atoms with van der Waals surface area (Å²) >= 11 is 6.97. The molecule has 2 saturated heterocycles. The summed E-state index contributed by atoms with van der Waals surface area (Å²) in [6, 6.07) is 9.81. The van der Waals surface area contributed by atoms with Crippen LogP contribution in [0, 0.1) is 0 Å². The number of rotatable bonds is 6. The van der Waals surface area contributed by atoms with Crippen LogP contribution in [0.2, 0.25) is 5.02 Å². The molecule has 0 spiro atoms. The lowest BCUT2D eigenvalue weighted by Gasteiger charge is -2.34. The van der Waals surface area contributed by atoms with Gasteiger partial charge in [-0.05, 0) is 49.2 Å². The lowest BCUT2D eigenvalue weighted by Crippen LogP contribution is -2.52. The van der Waals surface area contributed by atoms with Crippen LogP contribution in [-0.4, -0.2) is 68.3 Å². The van der Waals surface area contributed by atoms with Crippen LogP contribution in [0.4, 0.5) is 0 Å². The van der Waals surface area contributed by atoms with Gasteiger partial charge in [-0.3, -0.25) is 9.59 Å². The lowest BCUT2D eigenvalue weighted by atomic mass is 10.2. The Morgan fingerprint density at radius 3 is 2.47 bits per heavy atom. The molecule has 1 unspecified atom stereocenters. The Kier molecular flexibility index (Phi) is 7.16. The zero-order chi connectivity index (χ0) is 22.7. The SMILES string of the molecule is O=C(NCc1ccc(S(=O)(=O)N2CCN(C(=O)C3CCCO3)CC2)s1)c1ccc(Cl)cc1. The molecule has 0 saturated carbocycles. The quantitative estimate of drug-likeness (QED) is 0.661. The Balaban J connectivity index is 1.32. The minimum absolute atomic E-state index is 0.0469. The second-order valence-corrected chi connectivity index (χ2v) is 11.4. The second-order valence-electron chi connectivity index (χ2n) is 7.64. The lowest BCUT2D eigenvalue weighted by molar-refractivity contribution is -0.142. The van der Waals surface area contributed by atoms with Gasteiger partial charge in [0.05, 0.1) is 6.54 Å². The van der Waals surface area contributed by atoms with Crippen molar-refractivity contribution in [3.63, 3.8) is 0 Å². The van der Waals surface area contributed by atoms with E-state index in [1.807, 2.05) is 0 Å². The Bertz CT molecular complexity index is 1070. The summed E-state index contributed by atoms with van der Waals surface area (Å²) in [6.07, 6.45) is 1.22. The van der Waals surface area contributed by atoms with Crippen molar-refractivity contribution in [2.24, 2.45) is 0 Å². The molecule has 1 atom stereocenters. The number of thiophene rings is 1. The number of hydrogen-bond acceptors (Lipinski definition) is 6. The van der Waals surface area contributed by atoms with Gasteiger partial charge < -0.3 is 15.0 Å². The summed E-state index contributed by atoms with van der Waals surface area (Å²) in [5, 5.41) is 3.34. The van der Waals surface area contributed by atoms with Crippen LogP contribution < -0.4 is 5.32 Å². The molecule has 2 aliphatic heterocycles. The number of ether oxygens (including phenoxy) is 1. The number of hydrogen-bond donors (Lipinski definition) is 1. The number of amides is 2. The van der Waals surface area contributed by atoms with E-state index in [4.69, 9.17) is 16.3 Å². The van der Waals surface area contributed by atoms with Gasteiger partial charge in [-0.25, -0.2) is 8.42 Å². The van der Waals surface area contributed by atoms with Gasteiger partial charge in [-0.2, -0.15) is 4.31 Å². The monoisotopic (exact) mass is 497 g/mol. The molecular formula is C21H24ClN3O5S2. The highest BCUT2D eigenvalue weighted by molar-refractivity contribution is 7.91. The van der Waals surface area contributed by atoms with Crippen molar-refractivity contribution in [1.29, 1.82) is 0 Å². The number of halogens is 1. The Labute approximate surface area is 196 Å². The maximum absolute atomic E-state index is 13.0. The predicted molar refractivity (Wildman–Crippen MR) is 121 cm³/mol. The highest BCUT2D eigenvalue weighted by Gasteiger charge is 2.34. The van der Waals surface area contributed by atoms with E-state index in [1.165, 1.54) is 4.31 Å². The number of carbonyl (C=O) groups excluding carboxylic acids is 2. The standard InChI is InChI=1S/C21H24ClN3O5S2/c22-16-5-3-15(4-6-16)20(26)23-14-17-7-8-19(31-17)32(28,29)25-11-9-24(10-12-25)21(27)18-2-1-13-30-18/h3-8,18H,1-2,9-14H2,(H,23,26). The van der Waals surface area contributed by atoms with Crippen molar-refractivity contribution < 1.29 is 22.7 Å². The molecule has 172 valence electrons. The first-order chi connectivity index (χ1) is 15.3. The Hall–Kier alpha value is -1.98. The van der Waals surface area contributed by atoms with E-state index in [0.29, 0.717) is 30.3 Å². The van der Waals surface area contributed by atoms with Crippen LogP contribution in [-0.2, 0) is 26.1 Å². The maximum atomic E-state index is 13.0. The fourth-order valence-electron chi connectivity index (χ4n) is 3.71. The summed E-state index contributed by atoms with van der Waals surface area (Å²) in [6.45, 7) is 2.04. The molecule has 1 aromatic carbocycles. The van der Waals surface area contributed by atoms with Crippen LogP contribution in [0.1, 0.15) is 28.1 Å².